The second-order valence-corrected chi connectivity index (χ2v) is 6.53. The third-order valence-corrected chi connectivity index (χ3v) is 4.99. The van der Waals surface area contributed by atoms with Gasteiger partial charge < -0.3 is 10.6 Å². The molecule has 3 heteroatoms. The van der Waals surface area contributed by atoms with E-state index in [0.29, 0.717) is 11.3 Å². The molecule has 1 amide bonds. The highest BCUT2D eigenvalue weighted by Gasteiger charge is 2.45. The van der Waals surface area contributed by atoms with Crippen molar-refractivity contribution in [3.8, 4) is 0 Å². The molecule has 3 nitrogen and oxygen atoms in total. The molecule has 104 valence electrons. The molecule has 2 fully saturated rings. The molecule has 1 aliphatic carbocycles. The minimum atomic E-state index is 0.264. The maximum atomic E-state index is 11.9. The van der Waals surface area contributed by atoms with Crippen molar-refractivity contribution in [2.45, 2.75) is 52.4 Å². The Hall–Kier alpha value is -0.570. The van der Waals surface area contributed by atoms with Crippen molar-refractivity contribution >= 4 is 5.91 Å². The van der Waals surface area contributed by atoms with Crippen LogP contribution in [0.25, 0.3) is 0 Å². The summed E-state index contributed by atoms with van der Waals surface area (Å²) in [6, 6.07) is 0. The monoisotopic (exact) mass is 252 g/mol. The Bertz CT molecular complexity index is 278. The Labute approximate surface area is 111 Å². The highest BCUT2D eigenvalue weighted by atomic mass is 16.1. The third-order valence-electron chi connectivity index (χ3n) is 4.99. The average Bonchev–Trinajstić information content (AvgIpc) is 3.16. The maximum Gasteiger partial charge on any atom is 0.220 e. The Morgan fingerprint density at radius 1 is 1.33 bits per heavy atom. The van der Waals surface area contributed by atoms with E-state index in [1.807, 2.05) is 0 Å². The maximum absolute atomic E-state index is 11.9. The number of carbonyl (C=O) groups is 1. The van der Waals surface area contributed by atoms with E-state index in [1.165, 1.54) is 25.7 Å². The van der Waals surface area contributed by atoms with Gasteiger partial charge in [-0.25, -0.2) is 0 Å². The normalized spacial score (nSPS) is 23.1. The molecule has 0 aromatic carbocycles. The van der Waals surface area contributed by atoms with Gasteiger partial charge in [-0.15, -0.1) is 0 Å². The van der Waals surface area contributed by atoms with Crippen LogP contribution in [0.1, 0.15) is 52.4 Å². The SMILES string of the molecule is CC(C)C1(CNC(=O)CCC2CCNCC2)CC1. The van der Waals surface area contributed by atoms with Gasteiger partial charge in [0.05, 0.1) is 0 Å². The number of hydrogen-bond donors (Lipinski definition) is 2. The van der Waals surface area contributed by atoms with Crippen LogP contribution in [0.3, 0.4) is 0 Å². The summed E-state index contributed by atoms with van der Waals surface area (Å²) in [6.07, 6.45) is 6.85. The summed E-state index contributed by atoms with van der Waals surface area (Å²) in [5.41, 5.74) is 0.435. The van der Waals surface area contributed by atoms with E-state index in [-0.39, 0.29) is 5.91 Å². The first-order valence-electron chi connectivity index (χ1n) is 7.60. The van der Waals surface area contributed by atoms with Gasteiger partial charge in [0.1, 0.15) is 0 Å². The summed E-state index contributed by atoms with van der Waals surface area (Å²) >= 11 is 0. The summed E-state index contributed by atoms with van der Waals surface area (Å²) in [5, 5.41) is 6.52. The Morgan fingerprint density at radius 2 is 2.00 bits per heavy atom. The molecule has 0 radical (unpaired) electrons. The molecule has 0 aromatic heterocycles. The van der Waals surface area contributed by atoms with Gasteiger partial charge in [-0.1, -0.05) is 13.8 Å². The number of rotatable bonds is 6. The van der Waals surface area contributed by atoms with Crippen LogP contribution in [-0.2, 0) is 4.79 Å². The molecular formula is C15H28N2O. The van der Waals surface area contributed by atoms with Crippen molar-refractivity contribution in [2.24, 2.45) is 17.3 Å². The van der Waals surface area contributed by atoms with Crippen LogP contribution in [0, 0.1) is 17.3 Å². The Balaban J connectivity index is 1.60. The van der Waals surface area contributed by atoms with E-state index < -0.39 is 0 Å². The van der Waals surface area contributed by atoms with Gasteiger partial charge in [-0.2, -0.15) is 0 Å². The predicted octanol–water partition coefficient (Wildman–Crippen LogP) is 2.32. The highest BCUT2D eigenvalue weighted by molar-refractivity contribution is 5.75. The van der Waals surface area contributed by atoms with E-state index in [2.05, 4.69) is 24.5 Å². The molecule has 0 unspecified atom stereocenters. The number of piperidine rings is 1. The summed E-state index contributed by atoms with van der Waals surface area (Å²) in [6.45, 7) is 7.70. The van der Waals surface area contributed by atoms with E-state index in [0.717, 1.165) is 38.4 Å². The van der Waals surface area contributed by atoms with E-state index in [4.69, 9.17) is 0 Å². The van der Waals surface area contributed by atoms with Crippen LogP contribution in [0.5, 0.6) is 0 Å². The fourth-order valence-electron chi connectivity index (χ4n) is 2.99. The molecule has 0 aromatic rings. The number of nitrogens with one attached hydrogen (secondary N) is 2. The van der Waals surface area contributed by atoms with E-state index in [9.17, 15) is 4.79 Å². The van der Waals surface area contributed by atoms with Crippen molar-refractivity contribution < 1.29 is 4.79 Å². The molecule has 2 N–H and O–H groups in total. The highest BCUT2D eigenvalue weighted by Crippen LogP contribution is 2.51. The average molecular weight is 252 g/mol. The molecule has 0 atom stereocenters. The minimum Gasteiger partial charge on any atom is -0.356 e. The van der Waals surface area contributed by atoms with Crippen molar-refractivity contribution in [1.82, 2.24) is 10.6 Å². The molecule has 1 saturated heterocycles. The van der Waals surface area contributed by atoms with Crippen LogP contribution >= 0.6 is 0 Å². The van der Waals surface area contributed by atoms with Gasteiger partial charge >= 0.3 is 0 Å². The lowest BCUT2D eigenvalue weighted by atomic mass is 9.91. The summed E-state index contributed by atoms with van der Waals surface area (Å²) < 4.78 is 0. The zero-order valence-corrected chi connectivity index (χ0v) is 11.9. The largest absolute Gasteiger partial charge is 0.356 e. The molecule has 1 saturated carbocycles. The number of amides is 1. The van der Waals surface area contributed by atoms with Crippen molar-refractivity contribution in [3.05, 3.63) is 0 Å². The fourth-order valence-corrected chi connectivity index (χ4v) is 2.99. The van der Waals surface area contributed by atoms with Gasteiger partial charge in [-0.3, -0.25) is 4.79 Å². The topological polar surface area (TPSA) is 41.1 Å². The van der Waals surface area contributed by atoms with Crippen LogP contribution in [0.15, 0.2) is 0 Å². The van der Waals surface area contributed by atoms with Crippen molar-refractivity contribution in [3.63, 3.8) is 0 Å². The van der Waals surface area contributed by atoms with Gasteiger partial charge in [0.2, 0.25) is 5.91 Å². The molecule has 0 bridgehead atoms. The lowest BCUT2D eigenvalue weighted by molar-refractivity contribution is -0.121. The van der Waals surface area contributed by atoms with Crippen molar-refractivity contribution in [2.75, 3.05) is 19.6 Å². The molecule has 0 spiro atoms. The quantitative estimate of drug-likeness (QED) is 0.761. The Kier molecular flexibility index (Phi) is 4.66. The van der Waals surface area contributed by atoms with Gasteiger partial charge in [0, 0.05) is 13.0 Å². The lowest BCUT2D eigenvalue weighted by Crippen LogP contribution is -2.33. The fraction of sp³-hybridized carbons (Fsp3) is 0.933. The summed E-state index contributed by atoms with van der Waals surface area (Å²) in [5.74, 6) is 1.72. The first kappa shape index (κ1) is 13.9. The molecule has 2 rings (SSSR count). The minimum absolute atomic E-state index is 0.264. The van der Waals surface area contributed by atoms with E-state index >= 15 is 0 Å². The van der Waals surface area contributed by atoms with Gasteiger partial charge in [0.25, 0.3) is 0 Å². The Morgan fingerprint density at radius 3 is 2.56 bits per heavy atom. The second-order valence-electron chi connectivity index (χ2n) is 6.53. The number of hydrogen-bond acceptors (Lipinski definition) is 2. The predicted molar refractivity (Wildman–Crippen MR) is 74.3 cm³/mol. The standard InChI is InChI=1S/C15H28N2O/c1-12(2)15(7-8-15)11-17-14(18)4-3-13-5-9-16-10-6-13/h12-13,16H,3-11H2,1-2H3,(H,17,18). The molecule has 18 heavy (non-hydrogen) atoms. The number of carbonyl (C=O) groups excluding carboxylic acids is 1. The van der Waals surface area contributed by atoms with Crippen molar-refractivity contribution in [1.29, 1.82) is 0 Å². The van der Waals surface area contributed by atoms with E-state index in [1.54, 1.807) is 0 Å². The smallest absolute Gasteiger partial charge is 0.220 e. The van der Waals surface area contributed by atoms with Crippen LogP contribution < -0.4 is 10.6 Å². The molecule has 1 heterocycles. The molecular weight excluding hydrogens is 224 g/mol. The first-order valence-corrected chi connectivity index (χ1v) is 7.60. The summed E-state index contributed by atoms with van der Waals surface area (Å²) in [7, 11) is 0. The molecule has 1 aliphatic heterocycles. The summed E-state index contributed by atoms with van der Waals surface area (Å²) in [4.78, 5) is 11.9. The van der Waals surface area contributed by atoms with Crippen LogP contribution in [0.4, 0.5) is 0 Å². The first-order chi connectivity index (χ1) is 8.62. The van der Waals surface area contributed by atoms with Gasteiger partial charge in [-0.05, 0) is 62.4 Å². The zero-order chi connectivity index (χ0) is 13.0. The van der Waals surface area contributed by atoms with Gasteiger partial charge in [0.15, 0.2) is 0 Å². The zero-order valence-electron chi connectivity index (χ0n) is 11.9. The second kappa shape index (κ2) is 6.05. The third kappa shape index (κ3) is 3.71. The molecule has 2 aliphatic rings. The lowest BCUT2D eigenvalue weighted by Gasteiger charge is -2.23. The van der Waals surface area contributed by atoms with Crippen LogP contribution in [-0.4, -0.2) is 25.5 Å². The van der Waals surface area contributed by atoms with Crippen LogP contribution in [0.2, 0.25) is 0 Å².